The fraction of sp³-hybridized carbons (Fsp3) is 0.400. The molecule has 0 radical (unpaired) electrons. The first-order valence-corrected chi connectivity index (χ1v) is 4.54. The minimum Gasteiger partial charge on any atom is -0.341 e. The molecule has 14 heavy (non-hydrogen) atoms. The van der Waals surface area contributed by atoms with Gasteiger partial charge in [-0.15, -0.1) is 0 Å². The zero-order chi connectivity index (χ0) is 10.4. The van der Waals surface area contributed by atoms with Crippen LogP contribution in [-0.2, 0) is 4.79 Å². The number of hydrogen-bond acceptors (Lipinski definition) is 2. The van der Waals surface area contributed by atoms with Crippen LogP contribution in [0.25, 0.3) is 0 Å². The van der Waals surface area contributed by atoms with Gasteiger partial charge in [-0.05, 0) is 13.0 Å². The molecule has 0 N–H and O–H groups in total. The Bertz CT molecular complexity index is 271. The smallest absolute Gasteiger partial charge is 0.211 e. The Hall–Kier alpha value is -1.58. The summed E-state index contributed by atoms with van der Waals surface area (Å²) >= 11 is 0. The molecule has 1 heterocycles. The topological polar surface area (TPSA) is 35.9 Å². The van der Waals surface area contributed by atoms with E-state index in [1.807, 2.05) is 6.92 Å². The molecule has 0 aliphatic carbocycles. The highest BCUT2D eigenvalue weighted by molar-refractivity contribution is 5.80. The highest BCUT2D eigenvalue weighted by Crippen LogP contribution is 2.03. The van der Waals surface area contributed by atoms with Crippen molar-refractivity contribution in [1.29, 1.82) is 0 Å². The number of carbonyl (C=O) groups is 1. The number of allylic oxidation sites excluding steroid dienone is 2. The van der Waals surface area contributed by atoms with E-state index in [0.29, 0.717) is 6.67 Å². The molecule has 0 aromatic heterocycles. The summed E-state index contributed by atoms with van der Waals surface area (Å²) in [6, 6.07) is 0. The molecule has 0 saturated carbocycles. The first-order valence-electron chi connectivity index (χ1n) is 4.54. The van der Waals surface area contributed by atoms with Gasteiger partial charge in [0, 0.05) is 19.3 Å². The van der Waals surface area contributed by atoms with Crippen molar-refractivity contribution in [2.24, 2.45) is 4.99 Å². The molecule has 1 rings (SSSR count). The summed E-state index contributed by atoms with van der Waals surface area (Å²) in [5.74, 6) is 0.924. The minimum atomic E-state index is 0.640. The van der Waals surface area contributed by atoms with Gasteiger partial charge >= 0.3 is 0 Å². The van der Waals surface area contributed by atoms with E-state index in [0.717, 1.165) is 25.3 Å². The second-order valence-electron chi connectivity index (χ2n) is 3.08. The van der Waals surface area contributed by atoms with Crippen molar-refractivity contribution >= 4 is 12.2 Å². The monoisotopic (exact) mass is 193 g/mol. The van der Waals surface area contributed by atoms with Crippen LogP contribution >= 0.6 is 0 Å². The van der Waals surface area contributed by atoms with E-state index in [4.69, 9.17) is 0 Å². The normalized spacial score (nSPS) is 17.9. The largest absolute Gasteiger partial charge is 0.341 e. The summed E-state index contributed by atoms with van der Waals surface area (Å²) in [6.45, 7) is 7.76. The molecule has 1 aliphatic heterocycles. The molecule has 0 spiro atoms. The van der Waals surface area contributed by atoms with Crippen molar-refractivity contribution in [1.82, 2.24) is 9.80 Å². The molecular formula is C10H15N3O. The molecular weight excluding hydrogens is 178 g/mol. The Labute approximate surface area is 84.2 Å². The van der Waals surface area contributed by atoms with E-state index in [2.05, 4.69) is 16.5 Å². The van der Waals surface area contributed by atoms with Gasteiger partial charge in [-0.3, -0.25) is 4.79 Å². The number of nitrogens with zero attached hydrogens (tertiary/aromatic N) is 3. The van der Waals surface area contributed by atoms with Gasteiger partial charge in [0.1, 0.15) is 5.84 Å². The highest BCUT2D eigenvalue weighted by atomic mass is 16.1. The second-order valence-corrected chi connectivity index (χ2v) is 3.08. The Balaban J connectivity index is 2.49. The molecule has 4 nitrogen and oxygen atoms in total. The summed E-state index contributed by atoms with van der Waals surface area (Å²) in [6.07, 6.45) is 6.02. The number of carbonyl (C=O) groups excluding carboxylic acids is 1. The average Bonchev–Trinajstić information content (AvgIpc) is 2.66. The highest BCUT2D eigenvalue weighted by Gasteiger charge is 2.18. The third-order valence-corrected chi connectivity index (χ3v) is 2.10. The Morgan fingerprint density at radius 1 is 1.50 bits per heavy atom. The SMILES string of the molecule is C=C/C=C\N=C(C)N1CCN(C=O)C1. The van der Waals surface area contributed by atoms with E-state index in [9.17, 15) is 4.79 Å². The number of hydrogen-bond donors (Lipinski definition) is 0. The van der Waals surface area contributed by atoms with Gasteiger partial charge in [0.2, 0.25) is 6.41 Å². The molecule has 4 heteroatoms. The Morgan fingerprint density at radius 2 is 2.29 bits per heavy atom. The summed E-state index contributed by atoms with van der Waals surface area (Å²) in [7, 11) is 0. The average molecular weight is 193 g/mol. The number of aliphatic imine (C=N–C) groups is 1. The Kier molecular flexibility index (Phi) is 3.91. The quantitative estimate of drug-likeness (QED) is 0.288. The molecule has 0 aromatic carbocycles. The van der Waals surface area contributed by atoms with Crippen LogP contribution < -0.4 is 0 Å². The lowest BCUT2D eigenvalue weighted by Gasteiger charge is -2.16. The van der Waals surface area contributed by atoms with Gasteiger partial charge in [-0.1, -0.05) is 12.7 Å². The third-order valence-electron chi connectivity index (χ3n) is 2.10. The summed E-state index contributed by atoms with van der Waals surface area (Å²) in [5.41, 5.74) is 0. The Morgan fingerprint density at radius 3 is 2.86 bits per heavy atom. The fourth-order valence-electron chi connectivity index (χ4n) is 1.25. The summed E-state index contributed by atoms with van der Waals surface area (Å²) in [4.78, 5) is 18.5. The lowest BCUT2D eigenvalue weighted by atomic mass is 10.5. The van der Waals surface area contributed by atoms with Crippen LogP contribution in [0.5, 0.6) is 0 Å². The second kappa shape index (κ2) is 5.21. The van der Waals surface area contributed by atoms with Gasteiger partial charge in [0.25, 0.3) is 0 Å². The maximum absolute atomic E-state index is 10.5. The molecule has 1 aliphatic rings. The molecule has 1 saturated heterocycles. The maximum atomic E-state index is 10.5. The first-order chi connectivity index (χ1) is 6.77. The van der Waals surface area contributed by atoms with Crippen LogP contribution in [0, 0.1) is 0 Å². The van der Waals surface area contributed by atoms with Crippen LogP contribution in [-0.4, -0.2) is 41.8 Å². The van der Waals surface area contributed by atoms with Crippen LogP contribution in [0.2, 0.25) is 0 Å². The summed E-state index contributed by atoms with van der Waals surface area (Å²) < 4.78 is 0. The lowest BCUT2D eigenvalue weighted by Crippen LogP contribution is -2.28. The zero-order valence-electron chi connectivity index (χ0n) is 8.39. The predicted octanol–water partition coefficient (Wildman–Crippen LogP) is 0.836. The predicted molar refractivity (Wildman–Crippen MR) is 56.8 cm³/mol. The molecule has 1 fully saturated rings. The molecule has 1 amide bonds. The van der Waals surface area contributed by atoms with Gasteiger partial charge in [-0.25, -0.2) is 4.99 Å². The van der Waals surface area contributed by atoms with E-state index < -0.39 is 0 Å². The van der Waals surface area contributed by atoms with E-state index in [-0.39, 0.29) is 0 Å². The van der Waals surface area contributed by atoms with Crippen molar-refractivity contribution in [2.75, 3.05) is 19.8 Å². The van der Waals surface area contributed by atoms with E-state index >= 15 is 0 Å². The van der Waals surface area contributed by atoms with Gasteiger partial charge in [0.15, 0.2) is 0 Å². The van der Waals surface area contributed by atoms with Crippen LogP contribution in [0.15, 0.2) is 29.9 Å². The first kappa shape index (κ1) is 10.5. The lowest BCUT2D eigenvalue weighted by molar-refractivity contribution is -0.117. The van der Waals surface area contributed by atoms with Crippen LogP contribution in [0.4, 0.5) is 0 Å². The molecule has 76 valence electrons. The molecule has 0 bridgehead atoms. The summed E-state index contributed by atoms with van der Waals surface area (Å²) in [5, 5.41) is 0. The maximum Gasteiger partial charge on any atom is 0.211 e. The molecule has 0 aromatic rings. The zero-order valence-corrected chi connectivity index (χ0v) is 8.39. The van der Waals surface area contributed by atoms with Crippen molar-refractivity contribution in [2.45, 2.75) is 6.92 Å². The standard InChI is InChI=1S/C10H15N3O/c1-3-4-5-11-10(2)13-7-6-12(8-13)9-14/h3-5,9H,1,6-8H2,2H3/b5-4-,11-10?. The minimum absolute atomic E-state index is 0.640. The van der Waals surface area contributed by atoms with Gasteiger partial charge in [-0.2, -0.15) is 0 Å². The van der Waals surface area contributed by atoms with Crippen molar-refractivity contribution in [3.63, 3.8) is 0 Å². The van der Waals surface area contributed by atoms with Crippen LogP contribution in [0.3, 0.4) is 0 Å². The fourth-order valence-corrected chi connectivity index (χ4v) is 1.25. The van der Waals surface area contributed by atoms with Crippen molar-refractivity contribution in [3.8, 4) is 0 Å². The van der Waals surface area contributed by atoms with Crippen molar-refractivity contribution < 1.29 is 4.79 Å². The molecule has 0 unspecified atom stereocenters. The third kappa shape index (κ3) is 2.73. The number of rotatable bonds is 3. The van der Waals surface area contributed by atoms with Crippen LogP contribution in [0.1, 0.15) is 6.92 Å². The van der Waals surface area contributed by atoms with E-state index in [1.54, 1.807) is 23.3 Å². The number of amides is 1. The number of amidine groups is 1. The van der Waals surface area contributed by atoms with Gasteiger partial charge in [0.05, 0.1) is 6.67 Å². The molecule has 0 atom stereocenters. The van der Waals surface area contributed by atoms with Gasteiger partial charge < -0.3 is 9.80 Å². The van der Waals surface area contributed by atoms with Crippen molar-refractivity contribution in [3.05, 3.63) is 24.9 Å². The van der Waals surface area contributed by atoms with E-state index in [1.165, 1.54) is 0 Å².